The summed E-state index contributed by atoms with van der Waals surface area (Å²) >= 11 is 0. The van der Waals surface area contributed by atoms with E-state index < -0.39 is 5.97 Å². The van der Waals surface area contributed by atoms with Gasteiger partial charge in [0.15, 0.2) is 0 Å². The third kappa shape index (κ3) is 7.10. The molecule has 0 saturated carbocycles. The van der Waals surface area contributed by atoms with Crippen molar-refractivity contribution in [1.82, 2.24) is 19.8 Å². The van der Waals surface area contributed by atoms with Crippen molar-refractivity contribution >= 4 is 12.1 Å². The molecule has 0 atom stereocenters. The molecule has 3 aromatic rings. The van der Waals surface area contributed by atoms with Crippen LogP contribution in [0.1, 0.15) is 39.3 Å². The Morgan fingerprint density at radius 1 is 0.914 bits per heavy atom. The maximum Gasteiger partial charge on any atom is 0.415 e. The molecule has 35 heavy (non-hydrogen) atoms. The number of rotatable bonds is 8. The summed E-state index contributed by atoms with van der Waals surface area (Å²) in [7, 11) is 0. The van der Waals surface area contributed by atoms with Crippen molar-refractivity contribution < 1.29 is 19.4 Å². The topological polar surface area (TPSA) is 95.9 Å². The lowest BCUT2D eigenvalue weighted by Gasteiger charge is -2.34. The number of benzene rings is 1. The molecule has 1 fully saturated rings. The SMILES string of the molecule is Cc1ccc(Cc2ccc(OC(=O)N3CCN(CCCc4ccc(C(=O)O)cn4)CC3)cc2)nc1. The third-order valence-corrected chi connectivity index (χ3v) is 6.10. The number of carbonyl (C=O) groups excluding carboxylic acids is 1. The minimum Gasteiger partial charge on any atom is -0.478 e. The molecule has 0 spiro atoms. The second-order valence-electron chi connectivity index (χ2n) is 8.79. The summed E-state index contributed by atoms with van der Waals surface area (Å²) < 4.78 is 5.58. The monoisotopic (exact) mass is 474 g/mol. The first-order valence-electron chi connectivity index (χ1n) is 11.8. The fourth-order valence-electron chi connectivity index (χ4n) is 3.99. The molecule has 4 rings (SSSR count). The van der Waals surface area contributed by atoms with Crippen LogP contribution < -0.4 is 4.74 Å². The predicted octanol–water partition coefficient (Wildman–Crippen LogP) is 3.82. The highest BCUT2D eigenvalue weighted by Crippen LogP contribution is 2.16. The van der Waals surface area contributed by atoms with E-state index in [9.17, 15) is 9.59 Å². The van der Waals surface area contributed by atoms with Crippen LogP contribution in [0.25, 0.3) is 0 Å². The molecule has 1 N–H and O–H groups in total. The summed E-state index contributed by atoms with van der Waals surface area (Å²) in [5.74, 6) is -0.424. The molecule has 1 amide bonds. The largest absolute Gasteiger partial charge is 0.478 e. The number of carboxylic acids is 1. The maximum absolute atomic E-state index is 12.6. The highest BCUT2D eigenvalue weighted by atomic mass is 16.6. The van der Waals surface area contributed by atoms with E-state index in [1.54, 1.807) is 17.0 Å². The molecule has 1 saturated heterocycles. The van der Waals surface area contributed by atoms with Gasteiger partial charge in [0.05, 0.1) is 5.56 Å². The summed E-state index contributed by atoms with van der Waals surface area (Å²) in [4.78, 5) is 36.2. The van der Waals surface area contributed by atoms with Crippen molar-refractivity contribution in [3.8, 4) is 5.75 Å². The van der Waals surface area contributed by atoms with Gasteiger partial charge in [-0.2, -0.15) is 0 Å². The molecule has 0 bridgehead atoms. The number of carbonyl (C=O) groups is 2. The number of aromatic carboxylic acids is 1. The van der Waals surface area contributed by atoms with E-state index in [2.05, 4.69) is 20.9 Å². The molecule has 1 aliphatic rings. The van der Waals surface area contributed by atoms with Gasteiger partial charge in [-0.1, -0.05) is 18.2 Å². The van der Waals surface area contributed by atoms with Crippen molar-refractivity contribution in [2.24, 2.45) is 0 Å². The zero-order valence-electron chi connectivity index (χ0n) is 19.9. The predicted molar refractivity (Wildman–Crippen MR) is 132 cm³/mol. The second-order valence-corrected chi connectivity index (χ2v) is 8.79. The molecule has 1 aliphatic heterocycles. The lowest BCUT2D eigenvalue weighted by atomic mass is 10.1. The van der Waals surface area contributed by atoms with Crippen molar-refractivity contribution in [3.63, 3.8) is 0 Å². The number of aromatic nitrogens is 2. The van der Waals surface area contributed by atoms with Crippen LogP contribution in [-0.4, -0.2) is 69.7 Å². The van der Waals surface area contributed by atoms with E-state index >= 15 is 0 Å². The van der Waals surface area contributed by atoms with Gasteiger partial charge in [-0.3, -0.25) is 14.9 Å². The van der Waals surface area contributed by atoms with Gasteiger partial charge in [0, 0.05) is 56.4 Å². The molecule has 182 valence electrons. The molecule has 8 nitrogen and oxygen atoms in total. The Bertz CT molecular complexity index is 1120. The van der Waals surface area contributed by atoms with Gasteiger partial charge in [-0.15, -0.1) is 0 Å². The van der Waals surface area contributed by atoms with E-state index in [0.717, 1.165) is 61.4 Å². The average Bonchev–Trinajstić information content (AvgIpc) is 2.87. The van der Waals surface area contributed by atoms with Gasteiger partial charge in [0.1, 0.15) is 5.75 Å². The van der Waals surface area contributed by atoms with E-state index in [1.807, 2.05) is 43.5 Å². The minimum absolute atomic E-state index is 0.201. The van der Waals surface area contributed by atoms with Gasteiger partial charge in [-0.05, 0) is 67.8 Å². The first-order chi connectivity index (χ1) is 17.0. The summed E-state index contributed by atoms with van der Waals surface area (Å²) in [6.07, 6.45) is 5.40. The van der Waals surface area contributed by atoms with Crippen LogP contribution in [0.2, 0.25) is 0 Å². The number of carboxylic acid groups (broad SMARTS) is 1. The number of piperazine rings is 1. The quantitative estimate of drug-likeness (QED) is 0.530. The Morgan fingerprint density at radius 2 is 1.63 bits per heavy atom. The Labute approximate surface area is 205 Å². The number of hydrogen-bond acceptors (Lipinski definition) is 6. The fraction of sp³-hybridized carbons (Fsp3) is 0.333. The Kier molecular flexibility index (Phi) is 8.05. The van der Waals surface area contributed by atoms with Crippen LogP contribution in [0.5, 0.6) is 5.75 Å². The highest BCUT2D eigenvalue weighted by Gasteiger charge is 2.22. The number of nitrogens with zero attached hydrogens (tertiary/aromatic N) is 4. The molecule has 0 radical (unpaired) electrons. The van der Waals surface area contributed by atoms with Gasteiger partial charge in [0.25, 0.3) is 0 Å². The van der Waals surface area contributed by atoms with Crippen LogP contribution in [0.4, 0.5) is 4.79 Å². The average molecular weight is 475 g/mol. The van der Waals surface area contributed by atoms with Crippen molar-refractivity contribution in [3.05, 3.63) is 89.0 Å². The maximum atomic E-state index is 12.6. The Hall–Kier alpha value is -3.78. The Balaban J connectivity index is 1.17. The number of ether oxygens (including phenoxy) is 1. The van der Waals surface area contributed by atoms with E-state index in [1.165, 1.54) is 6.20 Å². The number of aryl methyl sites for hydroxylation is 2. The molecule has 1 aromatic carbocycles. The smallest absolute Gasteiger partial charge is 0.415 e. The fourth-order valence-corrected chi connectivity index (χ4v) is 3.99. The van der Waals surface area contributed by atoms with Gasteiger partial charge in [0.2, 0.25) is 0 Å². The van der Waals surface area contributed by atoms with E-state index in [0.29, 0.717) is 18.8 Å². The molecular formula is C27H30N4O4. The normalized spacial score (nSPS) is 14.0. The lowest BCUT2D eigenvalue weighted by molar-refractivity contribution is 0.0696. The highest BCUT2D eigenvalue weighted by molar-refractivity contribution is 5.87. The van der Waals surface area contributed by atoms with E-state index in [4.69, 9.17) is 9.84 Å². The summed E-state index contributed by atoms with van der Waals surface area (Å²) in [5, 5.41) is 8.95. The van der Waals surface area contributed by atoms with Crippen LogP contribution in [0.15, 0.2) is 60.9 Å². The minimum atomic E-state index is -0.965. The van der Waals surface area contributed by atoms with E-state index in [-0.39, 0.29) is 11.7 Å². The first kappa shape index (κ1) is 24.3. The zero-order chi connectivity index (χ0) is 24.6. The zero-order valence-corrected chi connectivity index (χ0v) is 19.9. The Morgan fingerprint density at radius 3 is 2.26 bits per heavy atom. The van der Waals surface area contributed by atoms with Gasteiger partial charge >= 0.3 is 12.1 Å². The molecule has 0 aliphatic carbocycles. The first-order valence-corrected chi connectivity index (χ1v) is 11.8. The van der Waals surface area contributed by atoms with Crippen LogP contribution >= 0.6 is 0 Å². The molecule has 0 unspecified atom stereocenters. The molecular weight excluding hydrogens is 444 g/mol. The number of hydrogen-bond donors (Lipinski definition) is 1. The summed E-state index contributed by atoms with van der Waals surface area (Å²) in [6.45, 7) is 5.77. The van der Waals surface area contributed by atoms with Crippen molar-refractivity contribution in [1.29, 1.82) is 0 Å². The van der Waals surface area contributed by atoms with Crippen LogP contribution in [0.3, 0.4) is 0 Å². The van der Waals surface area contributed by atoms with Gasteiger partial charge < -0.3 is 14.7 Å². The van der Waals surface area contributed by atoms with Crippen molar-refractivity contribution in [2.45, 2.75) is 26.2 Å². The lowest BCUT2D eigenvalue weighted by Crippen LogP contribution is -2.49. The summed E-state index contributed by atoms with van der Waals surface area (Å²) in [6, 6.07) is 15.0. The summed E-state index contributed by atoms with van der Waals surface area (Å²) in [5.41, 5.74) is 4.35. The molecule has 3 heterocycles. The van der Waals surface area contributed by atoms with Crippen molar-refractivity contribution in [2.75, 3.05) is 32.7 Å². The molecule has 8 heteroatoms. The van der Waals surface area contributed by atoms with Crippen LogP contribution in [-0.2, 0) is 12.8 Å². The van der Waals surface area contributed by atoms with Crippen LogP contribution in [0, 0.1) is 6.92 Å². The number of amides is 1. The third-order valence-electron chi connectivity index (χ3n) is 6.10. The second kappa shape index (κ2) is 11.6. The molecule has 2 aromatic heterocycles. The number of pyridine rings is 2. The standard InChI is InChI=1S/C27H30N4O4/c1-20-4-8-24(28-18-20)17-21-5-10-25(11-6-21)35-27(34)31-15-13-30(14-16-31)12-2-3-23-9-7-22(19-29-23)26(32)33/h4-11,18-19H,2-3,12-17H2,1H3,(H,32,33). The van der Waals surface area contributed by atoms with Gasteiger partial charge in [-0.25, -0.2) is 9.59 Å².